The smallest absolute Gasteiger partial charge is 0.318 e. The lowest BCUT2D eigenvalue weighted by Crippen LogP contribution is -2.30. The normalized spacial score (nSPS) is 19.9. The number of thioether (sulfide) groups is 1. The second-order valence-electron chi connectivity index (χ2n) is 3.85. The Morgan fingerprint density at radius 1 is 1.44 bits per heavy atom. The van der Waals surface area contributed by atoms with Gasteiger partial charge in [-0.2, -0.15) is 11.8 Å². The van der Waals surface area contributed by atoms with Crippen molar-refractivity contribution in [3.63, 3.8) is 0 Å². The molecule has 2 rings (SSSR count). The molecule has 1 fully saturated rings. The maximum Gasteiger partial charge on any atom is 0.318 e. The molecular formula is C12H16N2OS. The Bertz CT molecular complexity index is 355. The molecule has 2 amide bonds. The van der Waals surface area contributed by atoms with Crippen LogP contribution in [0.3, 0.4) is 0 Å². The first-order valence-electron chi connectivity index (χ1n) is 5.40. The highest BCUT2D eigenvalue weighted by atomic mass is 32.2. The van der Waals surface area contributed by atoms with Gasteiger partial charge in [-0.3, -0.25) is 0 Å². The largest absolute Gasteiger partial charge is 0.329 e. The summed E-state index contributed by atoms with van der Waals surface area (Å²) in [4.78, 5) is 13.6. The molecule has 0 radical (unpaired) electrons. The van der Waals surface area contributed by atoms with Crippen LogP contribution >= 0.6 is 11.8 Å². The van der Waals surface area contributed by atoms with Crippen molar-refractivity contribution in [2.75, 3.05) is 25.1 Å². The maximum atomic E-state index is 11.7. The van der Waals surface area contributed by atoms with Gasteiger partial charge < -0.3 is 10.2 Å². The van der Waals surface area contributed by atoms with E-state index in [4.69, 9.17) is 0 Å². The molecule has 4 heteroatoms. The summed E-state index contributed by atoms with van der Waals surface area (Å²) in [5.41, 5.74) is 1.18. The third-order valence-corrected chi connectivity index (χ3v) is 3.35. The first-order chi connectivity index (χ1) is 7.81. The van der Waals surface area contributed by atoms with E-state index < -0.39 is 0 Å². The highest BCUT2D eigenvalue weighted by Crippen LogP contribution is 2.19. The standard InChI is InChI=1S/C12H16N2OS/c1-16-8-7-14-9-11(13-12(14)15)10-5-3-2-4-6-10/h2-6,11H,7-9H2,1H3,(H,13,15). The van der Waals surface area contributed by atoms with Crippen molar-refractivity contribution in [3.8, 4) is 0 Å². The fraction of sp³-hybridized carbons (Fsp3) is 0.417. The molecule has 86 valence electrons. The molecule has 0 spiro atoms. The molecule has 0 aliphatic carbocycles. The summed E-state index contributed by atoms with van der Waals surface area (Å²) in [6.45, 7) is 1.61. The lowest BCUT2D eigenvalue weighted by molar-refractivity contribution is 0.220. The molecule has 0 saturated carbocycles. The average Bonchev–Trinajstić information content (AvgIpc) is 2.69. The summed E-state index contributed by atoms with van der Waals surface area (Å²) in [5.74, 6) is 0.995. The van der Waals surface area contributed by atoms with E-state index in [1.54, 1.807) is 11.8 Å². The first kappa shape index (κ1) is 11.3. The summed E-state index contributed by atoms with van der Waals surface area (Å²) < 4.78 is 0. The molecule has 1 N–H and O–H groups in total. The number of carbonyl (C=O) groups is 1. The lowest BCUT2D eigenvalue weighted by atomic mass is 10.1. The number of benzene rings is 1. The highest BCUT2D eigenvalue weighted by molar-refractivity contribution is 7.98. The Balaban J connectivity index is 1.98. The van der Waals surface area contributed by atoms with Gasteiger partial charge in [0.25, 0.3) is 0 Å². The van der Waals surface area contributed by atoms with Gasteiger partial charge >= 0.3 is 6.03 Å². The second-order valence-corrected chi connectivity index (χ2v) is 4.84. The monoisotopic (exact) mass is 236 g/mol. The Hall–Kier alpha value is -1.16. The summed E-state index contributed by atoms with van der Waals surface area (Å²) in [6, 6.07) is 10.3. The predicted octanol–water partition coefficient (Wildman–Crippen LogP) is 2.12. The molecule has 1 aromatic rings. The van der Waals surface area contributed by atoms with Crippen LogP contribution in [0.5, 0.6) is 0 Å². The zero-order chi connectivity index (χ0) is 11.4. The molecule has 1 saturated heterocycles. The van der Waals surface area contributed by atoms with Gasteiger partial charge in [0.1, 0.15) is 0 Å². The number of hydrogen-bond donors (Lipinski definition) is 1. The van der Waals surface area contributed by atoms with Gasteiger partial charge in [-0.15, -0.1) is 0 Å². The Morgan fingerprint density at radius 2 is 2.19 bits per heavy atom. The zero-order valence-corrected chi connectivity index (χ0v) is 10.2. The molecule has 1 atom stereocenters. The Morgan fingerprint density at radius 3 is 2.88 bits per heavy atom. The Kier molecular flexibility index (Phi) is 3.72. The van der Waals surface area contributed by atoms with Crippen molar-refractivity contribution in [2.24, 2.45) is 0 Å². The molecular weight excluding hydrogens is 220 g/mol. The van der Waals surface area contributed by atoms with Crippen molar-refractivity contribution in [1.82, 2.24) is 10.2 Å². The summed E-state index contributed by atoms with van der Waals surface area (Å²) in [6.07, 6.45) is 2.06. The minimum Gasteiger partial charge on any atom is -0.329 e. The fourth-order valence-electron chi connectivity index (χ4n) is 1.86. The van der Waals surface area contributed by atoms with E-state index in [9.17, 15) is 4.79 Å². The minimum absolute atomic E-state index is 0.0582. The third kappa shape index (κ3) is 2.50. The molecule has 0 aromatic heterocycles. The molecule has 1 unspecified atom stereocenters. The predicted molar refractivity (Wildman–Crippen MR) is 67.7 cm³/mol. The third-order valence-electron chi connectivity index (χ3n) is 2.76. The number of carbonyl (C=O) groups excluding carboxylic acids is 1. The number of hydrogen-bond acceptors (Lipinski definition) is 2. The molecule has 1 aromatic carbocycles. The molecule has 0 bridgehead atoms. The van der Waals surface area contributed by atoms with Crippen LogP contribution in [0.15, 0.2) is 30.3 Å². The van der Waals surface area contributed by atoms with Crippen molar-refractivity contribution < 1.29 is 4.79 Å². The van der Waals surface area contributed by atoms with Gasteiger partial charge in [-0.05, 0) is 11.8 Å². The molecule has 16 heavy (non-hydrogen) atoms. The van der Waals surface area contributed by atoms with Crippen molar-refractivity contribution >= 4 is 17.8 Å². The van der Waals surface area contributed by atoms with E-state index in [-0.39, 0.29) is 12.1 Å². The SMILES string of the molecule is CSCCN1CC(c2ccccc2)NC1=O. The first-order valence-corrected chi connectivity index (χ1v) is 6.80. The van der Waals surface area contributed by atoms with Gasteiger partial charge in [-0.25, -0.2) is 4.79 Å². The number of nitrogens with zero attached hydrogens (tertiary/aromatic N) is 1. The van der Waals surface area contributed by atoms with Crippen molar-refractivity contribution in [3.05, 3.63) is 35.9 Å². The van der Waals surface area contributed by atoms with E-state index in [1.165, 1.54) is 5.56 Å². The average molecular weight is 236 g/mol. The van der Waals surface area contributed by atoms with Crippen molar-refractivity contribution in [2.45, 2.75) is 6.04 Å². The van der Waals surface area contributed by atoms with Crippen LogP contribution < -0.4 is 5.32 Å². The van der Waals surface area contributed by atoms with Crippen LogP contribution in [0.1, 0.15) is 11.6 Å². The van der Waals surface area contributed by atoms with Crippen LogP contribution in [0.4, 0.5) is 4.79 Å². The lowest BCUT2D eigenvalue weighted by Gasteiger charge is -2.13. The van der Waals surface area contributed by atoms with E-state index in [0.29, 0.717) is 0 Å². The summed E-state index contributed by atoms with van der Waals surface area (Å²) in [7, 11) is 0. The van der Waals surface area contributed by atoms with Gasteiger partial charge in [0.2, 0.25) is 0 Å². The van der Waals surface area contributed by atoms with Gasteiger partial charge in [0, 0.05) is 18.8 Å². The van der Waals surface area contributed by atoms with E-state index in [1.807, 2.05) is 23.1 Å². The van der Waals surface area contributed by atoms with Gasteiger partial charge in [0.15, 0.2) is 0 Å². The van der Waals surface area contributed by atoms with E-state index in [2.05, 4.69) is 23.7 Å². The maximum absolute atomic E-state index is 11.7. The quantitative estimate of drug-likeness (QED) is 0.868. The number of amides is 2. The number of urea groups is 1. The topological polar surface area (TPSA) is 32.3 Å². The number of rotatable bonds is 4. The van der Waals surface area contributed by atoms with Gasteiger partial charge in [-0.1, -0.05) is 30.3 Å². The summed E-state index contributed by atoms with van der Waals surface area (Å²) in [5, 5.41) is 3.01. The number of nitrogens with one attached hydrogen (secondary N) is 1. The van der Waals surface area contributed by atoms with E-state index in [0.717, 1.165) is 18.8 Å². The molecule has 3 nitrogen and oxygen atoms in total. The molecule has 1 aliphatic rings. The van der Waals surface area contributed by atoms with E-state index >= 15 is 0 Å². The second kappa shape index (κ2) is 5.25. The van der Waals surface area contributed by atoms with Crippen molar-refractivity contribution in [1.29, 1.82) is 0 Å². The van der Waals surface area contributed by atoms with Crippen LogP contribution in [0.25, 0.3) is 0 Å². The van der Waals surface area contributed by atoms with Gasteiger partial charge in [0.05, 0.1) is 6.04 Å². The van der Waals surface area contributed by atoms with Crippen LogP contribution in [0, 0.1) is 0 Å². The molecule has 1 aliphatic heterocycles. The summed E-state index contributed by atoms with van der Waals surface area (Å²) >= 11 is 1.77. The van der Waals surface area contributed by atoms with Crippen LogP contribution in [0.2, 0.25) is 0 Å². The fourth-order valence-corrected chi connectivity index (χ4v) is 2.26. The zero-order valence-electron chi connectivity index (χ0n) is 9.35. The Labute approximate surface area is 100 Å². The highest BCUT2D eigenvalue weighted by Gasteiger charge is 2.28. The minimum atomic E-state index is 0.0582. The van der Waals surface area contributed by atoms with Crippen LogP contribution in [-0.2, 0) is 0 Å². The molecule has 1 heterocycles. The van der Waals surface area contributed by atoms with Crippen LogP contribution in [-0.4, -0.2) is 36.0 Å².